The van der Waals surface area contributed by atoms with Crippen LogP contribution in [-0.2, 0) is 12.8 Å². The Morgan fingerprint density at radius 2 is 1.94 bits per heavy atom. The molecular formula is C16H27NO. The summed E-state index contributed by atoms with van der Waals surface area (Å²) in [6, 6.07) is 6.72. The lowest BCUT2D eigenvalue weighted by Gasteiger charge is -2.16. The van der Waals surface area contributed by atoms with Gasteiger partial charge < -0.3 is 10.5 Å². The zero-order valence-corrected chi connectivity index (χ0v) is 12.2. The molecule has 1 aromatic carbocycles. The van der Waals surface area contributed by atoms with Crippen molar-refractivity contribution in [3.05, 3.63) is 29.3 Å². The monoisotopic (exact) mass is 249 g/mol. The summed E-state index contributed by atoms with van der Waals surface area (Å²) in [6.45, 7) is 6.57. The van der Waals surface area contributed by atoms with E-state index >= 15 is 0 Å². The minimum Gasteiger partial charge on any atom is -0.497 e. The van der Waals surface area contributed by atoms with Crippen LogP contribution in [0.1, 0.15) is 44.7 Å². The van der Waals surface area contributed by atoms with Gasteiger partial charge in [-0.05, 0) is 54.9 Å². The first-order valence-electron chi connectivity index (χ1n) is 6.99. The van der Waals surface area contributed by atoms with Crippen LogP contribution in [0.5, 0.6) is 5.75 Å². The van der Waals surface area contributed by atoms with Crippen LogP contribution in [-0.4, -0.2) is 13.2 Å². The summed E-state index contributed by atoms with van der Waals surface area (Å²) >= 11 is 0. The van der Waals surface area contributed by atoms with Crippen LogP contribution in [0.2, 0.25) is 0 Å². The van der Waals surface area contributed by atoms with Gasteiger partial charge >= 0.3 is 0 Å². The molecule has 2 heteroatoms. The average molecular weight is 249 g/mol. The Kier molecular flexibility index (Phi) is 6.20. The highest BCUT2D eigenvalue weighted by molar-refractivity contribution is 5.35. The summed E-state index contributed by atoms with van der Waals surface area (Å²) in [5, 5.41) is 0. The number of methoxy groups -OCH3 is 1. The molecule has 0 aromatic heterocycles. The van der Waals surface area contributed by atoms with Gasteiger partial charge in [0.25, 0.3) is 0 Å². The van der Waals surface area contributed by atoms with Gasteiger partial charge in [-0.2, -0.15) is 0 Å². The topological polar surface area (TPSA) is 35.2 Å². The molecule has 0 aliphatic heterocycles. The van der Waals surface area contributed by atoms with Gasteiger partial charge in [-0.25, -0.2) is 0 Å². The summed E-state index contributed by atoms with van der Waals surface area (Å²) in [5.74, 6) is 1.53. The summed E-state index contributed by atoms with van der Waals surface area (Å²) in [5.41, 5.74) is 8.91. The van der Waals surface area contributed by atoms with E-state index in [1.54, 1.807) is 7.11 Å². The number of nitrogens with two attached hydrogens (primary N) is 1. The van der Waals surface area contributed by atoms with Crippen LogP contribution >= 0.6 is 0 Å². The third-order valence-corrected chi connectivity index (χ3v) is 3.63. The standard InChI is InChI=1S/C16H27NO/c1-5-13-11-15(18-4)10-9-14(13)7-6-8-16(17)12(2)3/h9-12,16H,5-8,17H2,1-4H3. The predicted molar refractivity (Wildman–Crippen MR) is 78.1 cm³/mol. The minimum absolute atomic E-state index is 0.327. The fourth-order valence-electron chi connectivity index (χ4n) is 2.16. The molecule has 0 spiro atoms. The molecule has 1 aromatic rings. The molecule has 0 fully saturated rings. The fourth-order valence-corrected chi connectivity index (χ4v) is 2.16. The molecule has 0 bridgehead atoms. The normalized spacial score (nSPS) is 12.8. The van der Waals surface area contributed by atoms with Gasteiger partial charge in [-0.1, -0.05) is 26.8 Å². The molecule has 2 nitrogen and oxygen atoms in total. The third kappa shape index (κ3) is 4.34. The maximum Gasteiger partial charge on any atom is 0.119 e. The predicted octanol–water partition coefficient (Wildman–Crippen LogP) is 3.56. The molecule has 1 atom stereocenters. The largest absolute Gasteiger partial charge is 0.497 e. The van der Waals surface area contributed by atoms with Gasteiger partial charge in [0.2, 0.25) is 0 Å². The molecule has 2 N–H and O–H groups in total. The van der Waals surface area contributed by atoms with E-state index in [1.807, 2.05) is 0 Å². The van der Waals surface area contributed by atoms with Crippen molar-refractivity contribution in [2.75, 3.05) is 7.11 Å². The molecule has 0 saturated heterocycles. The number of aryl methyl sites for hydroxylation is 2. The number of hydrogen-bond donors (Lipinski definition) is 1. The van der Waals surface area contributed by atoms with Crippen molar-refractivity contribution < 1.29 is 4.74 Å². The minimum atomic E-state index is 0.327. The van der Waals surface area contributed by atoms with Gasteiger partial charge in [-0.3, -0.25) is 0 Å². The van der Waals surface area contributed by atoms with E-state index in [0.717, 1.165) is 25.0 Å². The van der Waals surface area contributed by atoms with Crippen LogP contribution in [0, 0.1) is 5.92 Å². The smallest absolute Gasteiger partial charge is 0.119 e. The van der Waals surface area contributed by atoms with E-state index in [4.69, 9.17) is 10.5 Å². The van der Waals surface area contributed by atoms with Gasteiger partial charge in [-0.15, -0.1) is 0 Å². The molecule has 18 heavy (non-hydrogen) atoms. The first kappa shape index (κ1) is 15.0. The highest BCUT2D eigenvalue weighted by Gasteiger charge is 2.08. The second-order valence-corrected chi connectivity index (χ2v) is 5.29. The van der Waals surface area contributed by atoms with E-state index in [1.165, 1.54) is 17.5 Å². The van der Waals surface area contributed by atoms with E-state index in [2.05, 4.69) is 39.0 Å². The van der Waals surface area contributed by atoms with E-state index in [0.29, 0.717) is 12.0 Å². The van der Waals surface area contributed by atoms with E-state index < -0.39 is 0 Å². The van der Waals surface area contributed by atoms with Crippen LogP contribution in [0.15, 0.2) is 18.2 Å². The fraction of sp³-hybridized carbons (Fsp3) is 0.625. The van der Waals surface area contributed by atoms with E-state index in [9.17, 15) is 0 Å². The Balaban J connectivity index is 2.56. The van der Waals surface area contributed by atoms with Crippen molar-refractivity contribution in [3.63, 3.8) is 0 Å². The lowest BCUT2D eigenvalue weighted by Crippen LogP contribution is -2.26. The second-order valence-electron chi connectivity index (χ2n) is 5.29. The van der Waals surface area contributed by atoms with Crippen molar-refractivity contribution in [2.45, 2.75) is 52.5 Å². The Morgan fingerprint density at radius 1 is 1.22 bits per heavy atom. The highest BCUT2D eigenvalue weighted by Crippen LogP contribution is 2.20. The quantitative estimate of drug-likeness (QED) is 0.802. The first-order valence-corrected chi connectivity index (χ1v) is 6.99. The van der Waals surface area contributed by atoms with Crippen molar-refractivity contribution in [1.82, 2.24) is 0 Å². The lowest BCUT2D eigenvalue weighted by molar-refractivity contribution is 0.414. The molecule has 0 amide bonds. The van der Waals surface area contributed by atoms with Crippen molar-refractivity contribution in [1.29, 1.82) is 0 Å². The van der Waals surface area contributed by atoms with Gasteiger partial charge in [0.15, 0.2) is 0 Å². The summed E-state index contributed by atoms with van der Waals surface area (Å²) < 4.78 is 5.27. The number of benzene rings is 1. The van der Waals surface area contributed by atoms with E-state index in [-0.39, 0.29) is 0 Å². The molecule has 0 heterocycles. The maximum absolute atomic E-state index is 6.08. The molecule has 0 radical (unpaired) electrons. The Labute approximate surface area is 112 Å². The summed E-state index contributed by atoms with van der Waals surface area (Å²) in [4.78, 5) is 0. The van der Waals surface area contributed by atoms with Crippen molar-refractivity contribution >= 4 is 0 Å². The zero-order chi connectivity index (χ0) is 13.5. The molecule has 1 rings (SSSR count). The van der Waals surface area contributed by atoms with Crippen LogP contribution in [0.25, 0.3) is 0 Å². The van der Waals surface area contributed by atoms with Crippen LogP contribution in [0.4, 0.5) is 0 Å². The molecule has 102 valence electrons. The van der Waals surface area contributed by atoms with Gasteiger partial charge in [0.05, 0.1) is 7.11 Å². The lowest BCUT2D eigenvalue weighted by atomic mass is 9.95. The SMILES string of the molecule is CCc1cc(OC)ccc1CCCC(N)C(C)C. The summed E-state index contributed by atoms with van der Waals surface area (Å²) in [6.07, 6.45) is 4.45. The van der Waals surface area contributed by atoms with Crippen molar-refractivity contribution in [3.8, 4) is 5.75 Å². The summed E-state index contributed by atoms with van der Waals surface area (Å²) in [7, 11) is 1.72. The molecule has 0 aliphatic rings. The van der Waals surface area contributed by atoms with Gasteiger partial charge in [0, 0.05) is 6.04 Å². The molecule has 1 unspecified atom stereocenters. The van der Waals surface area contributed by atoms with Gasteiger partial charge in [0.1, 0.15) is 5.75 Å². The molecule has 0 saturated carbocycles. The Bertz CT molecular complexity index is 360. The zero-order valence-electron chi connectivity index (χ0n) is 12.2. The number of ether oxygens (including phenoxy) is 1. The average Bonchev–Trinajstić information content (AvgIpc) is 2.38. The Hall–Kier alpha value is -1.02. The number of rotatable bonds is 7. The highest BCUT2D eigenvalue weighted by atomic mass is 16.5. The second kappa shape index (κ2) is 7.42. The van der Waals surface area contributed by atoms with Crippen LogP contribution < -0.4 is 10.5 Å². The molecular weight excluding hydrogens is 222 g/mol. The first-order chi connectivity index (χ1) is 8.58. The molecule has 0 aliphatic carbocycles. The third-order valence-electron chi connectivity index (χ3n) is 3.63. The number of hydrogen-bond acceptors (Lipinski definition) is 2. The Morgan fingerprint density at radius 3 is 2.50 bits per heavy atom. The van der Waals surface area contributed by atoms with Crippen molar-refractivity contribution in [2.24, 2.45) is 11.7 Å². The maximum atomic E-state index is 6.08. The van der Waals surface area contributed by atoms with Crippen LogP contribution in [0.3, 0.4) is 0 Å².